The molecule has 2 amide bonds. The van der Waals surface area contributed by atoms with Crippen molar-refractivity contribution in [3.8, 4) is 0 Å². The molecule has 0 bridgehead atoms. The van der Waals surface area contributed by atoms with Gasteiger partial charge in [-0.1, -0.05) is 71.4 Å². The van der Waals surface area contributed by atoms with E-state index in [0.717, 1.165) is 12.0 Å². The van der Waals surface area contributed by atoms with E-state index >= 15 is 0 Å². The number of aliphatic carboxylic acids is 1. The van der Waals surface area contributed by atoms with Gasteiger partial charge in [0.25, 0.3) is 5.91 Å². The van der Waals surface area contributed by atoms with Crippen LogP contribution in [0.2, 0.25) is 0 Å². The summed E-state index contributed by atoms with van der Waals surface area (Å²) in [5, 5.41) is 25.3. The Morgan fingerprint density at radius 1 is 1.10 bits per heavy atom. The number of carbonyl (C=O) groups excluding carboxylic acids is 2. The van der Waals surface area contributed by atoms with Crippen LogP contribution in [0.15, 0.2) is 35.7 Å². The van der Waals surface area contributed by atoms with E-state index in [9.17, 15) is 24.6 Å². The number of carboxylic acid groups (broad SMARTS) is 1. The zero-order valence-electron chi connectivity index (χ0n) is 23.8. The number of hydrogen-bond acceptors (Lipinski definition) is 7. The molecule has 0 aliphatic heterocycles. The SMILES string of the molecule is CC[C@H](C)C(N)C(=O)N(C)C(C[C@@H](O)c1nc(C(=O)NC(Cc2ccccc2)CC(C)C(=O)O)cs1)C(C)C. The number of aliphatic hydroxyl groups excluding tert-OH is 1. The van der Waals surface area contributed by atoms with Gasteiger partial charge in [-0.05, 0) is 30.2 Å². The van der Waals surface area contributed by atoms with Gasteiger partial charge in [0.1, 0.15) is 16.8 Å². The number of carboxylic acids is 1. The highest BCUT2D eigenvalue weighted by atomic mass is 32.1. The number of aromatic nitrogens is 1. The number of thiazole rings is 1. The van der Waals surface area contributed by atoms with E-state index in [-0.39, 0.29) is 42.3 Å². The van der Waals surface area contributed by atoms with Crippen LogP contribution in [0, 0.1) is 17.8 Å². The van der Waals surface area contributed by atoms with Gasteiger partial charge >= 0.3 is 5.97 Å². The van der Waals surface area contributed by atoms with Crippen LogP contribution in [0.3, 0.4) is 0 Å². The quantitative estimate of drug-likeness (QED) is 0.259. The third kappa shape index (κ3) is 9.40. The van der Waals surface area contributed by atoms with E-state index in [1.165, 1.54) is 11.3 Å². The molecule has 0 radical (unpaired) electrons. The maximum Gasteiger partial charge on any atom is 0.306 e. The topological polar surface area (TPSA) is 146 Å². The fourth-order valence-electron chi connectivity index (χ4n) is 4.53. The molecule has 0 saturated heterocycles. The summed E-state index contributed by atoms with van der Waals surface area (Å²) in [5.41, 5.74) is 7.34. The second-order valence-electron chi connectivity index (χ2n) is 10.8. The number of nitrogens with two attached hydrogens (primary N) is 1. The maximum atomic E-state index is 13.1. The van der Waals surface area contributed by atoms with Gasteiger partial charge in [0.15, 0.2) is 0 Å². The average molecular weight is 561 g/mol. The minimum atomic E-state index is -0.967. The van der Waals surface area contributed by atoms with Crippen molar-refractivity contribution in [2.24, 2.45) is 23.5 Å². The number of likely N-dealkylation sites (N-methyl/N-ethyl adjacent to an activating group) is 1. The molecular formula is C29H44N4O5S. The molecule has 5 N–H and O–H groups in total. The van der Waals surface area contributed by atoms with Gasteiger partial charge in [-0.15, -0.1) is 11.3 Å². The molecule has 1 aromatic heterocycles. The van der Waals surface area contributed by atoms with Gasteiger partial charge in [0.05, 0.1) is 12.0 Å². The number of aliphatic hydroxyl groups is 1. The van der Waals surface area contributed by atoms with E-state index in [0.29, 0.717) is 11.4 Å². The Bertz CT molecular complexity index is 1080. The number of amides is 2. The predicted molar refractivity (Wildman–Crippen MR) is 153 cm³/mol. The molecule has 39 heavy (non-hydrogen) atoms. The summed E-state index contributed by atoms with van der Waals surface area (Å²) in [6.45, 7) is 9.54. The molecule has 4 unspecified atom stereocenters. The van der Waals surface area contributed by atoms with Crippen LogP contribution in [0.25, 0.3) is 0 Å². The van der Waals surface area contributed by atoms with Crippen molar-refractivity contribution in [3.05, 3.63) is 52.0 Å². The molecule has 0 fully saturated rings. The average Bonchev–Trinajstić information content (AvgIpc) is 3.41. The Hall–Kier alpha value is -2.82. The van der Waals surface area contributed by atoms with E-state index in [1.807, 2.05) is 58.0 Å². The molecule has 1 heterocycles. The summed E-state index contributed by atoms with van der Waals surface area (Å²) in [7, 11) is 1.72. The number of benzene rings is 1. The Kier molecular flexibility index (Phi) is 12.5. The third-order valence-electron chi connectivity index (χ3n) is 7.38. The molecule has 0 aliphatic carbocycles. The molecule has 10 heteroatoms. The zero-order valence-corrected chi connectivity index (χ0v) is 24.6. The highest BCUT2D eigenvalue weighted by Gasteiger charge is 2.32. The van der Waals surface area contributed by atoms with Gasteiger partial charge in [-0.3, -0.25) is 14.4 Å². The van der Waals surface area contributed by atoms with Crippen molar-refractivity contribution in [1.82, 2.24) is 15.2 Å². The maximum absolute atomic E-state index is 13.1. The molecule has 0 aliphatic rings. The Morgan fingerprint density at radius 2 is 1.74 bits per heavy atom. The third-order valence-corrected chi connectivity index (χ3v) is 8.33. The number of hydrogen-bond donors (Lipinski definition) is 4. The summed E-state index contributed by atoms with van der Waals surface area (Å²) in [6.07, 6.45) is 0.838. The predicted octanol–water partition coefficient (Wildman–Crippen LogP) is 3.87. The van der Waals surface area contributed by atoms with Crippen molar-refractivity contribution in [2.45, 2.75) is 84.5 Å². The lowest BCUT2D eigenvalue weighted by Crippen LogP contribution is -2.51. The van der Waals surface area contributed by atoms with Crippen molar-refractivity contribution in [1.29, 1.82) is 0 Å². The Balaban J connectivity index is 2.12. The first-order valence-electron chi connectivity index (χ1n) is 13.6. The van der Waals surface area contributed by atoms with Crippen molar-refractivity contribution in [3.63, 3.8) is 0 Å². The monoisotopic (exact) mass is 560 g/mol. The van der Waals surface area contributed by atoms with Gasteiger partial charge in [0.2, 0.25) is 5.91 Å². The van der Waals surface area contributed by atoms with Crippen molar-refractivity contribution >= 4 is 29.1 Å². The smallest absolute Gasteiger partial charge is 0.306 e. The first-order valence-corrected chi connectivity index (χ1v) is 14.5. The lowest BCUT2D eigenvalue weighted by molar-refractivity contribution is -0.141. The number of rotatable bonds is 15. The van der Waals surface area contributed by atoms with E-state index in [2.05, 4.69) is 10.3 Å². The van der Waals surface area contributed by atoms with Crippen LogP contribution >= 0.6 is 11.3 Å². The fraction of sp³-hybridized carbons (Fsp3) is 0.586. The molecule has 9 nitrogen and oxygen atoms in total. The second-order valence-corrected chi connectivity index (χ2v) is 11.7. The van der Waals surface area contributed by atoms with Crippen LogP contribution in [0.1, 0.15) is 81.0 Å². The number of nitrogens with zero attached hydrogens (tertiary/aromatic N) is 2. The lowest BCUT2D eigenvalue weighted by atomic mass is 9.93. The standard InChI is InChI=1S/C29H44N4O5S/c1-7-18(4)25(30)28(36)33(6)23(17(2)3)15-24(34)27-32-22(16-39-27)26(35)31-21(13-19(5)29(37)38)14-20-11-9-8-10-12-20/h8-12,16-19,21,23-25,34H,7,13-15,30H2,1-6H3,(H,31,35)(H,37,38)/t18-,19?,21?,23?,24+,25?/m0/s1. The minimum Gasteiger partial charge on any atom is -0.481 e. The summed E-state index contributed by atoms with van der Waals surface area (Å²) in [5.74, 6) is -2.02. The van der Waals surface area contributed by atoms with E-state index in [1.54, 1.807) is 24.3 Å². The molecule has 1 aromatic carbocycles. The molecule has 0 spiro atoms. The normalized spacial score (nSPS) is 16.1. The van der Waals surface area contributed by atoms with Gasteiger partial charge in [0, 0.05) is 30.9 Å². The van der Waals surface area contributed by atoms with Gasteiger partial charge in [-0.25, -0.2) is 4.98 Å². The van der Waals surface area contributed by atoms with E-state index < -0.39 is 36.0 Å². The second kappa shape index (κ2) is 15.1. The summed E-state index contributed by atoms with van der Waals surface area (Å²) < 4.78 is 0. The zero-order chi connectivity index (χ0) is 29.3. The summed E-state index contributed by atoms with van der Waals surface area (Å²) in [6, 6.07) is 8.29. The molecule has 2 aromatic rings. The van der Waals surface area contributed by atoms with Gasteiger partial charge < -0.3 is 26.2 Å². The summed E-state index contributed by atoms with van der Waals surface area (Å²) >= 11 is 1.18. The minimum absolute atomic E-state index is 0.0434. The Morgan fingerprint density at radius 3 is 2.31 bits per heavy atom. The number of nitrogens with one attached hydrogen (secondary N) is 1. The number of carbonyl (C=O) groups is 3. The molecule has 2 rings (SSSR count). The fourth-order valence-corrected chi connectivity index (χ4v) is 5.32. The lowest BCUT2D eigenvalue weighted by Gasteiger charge is -2.35. The first kappa shape index (κ1) is 32.4. The molecule has 6 atom stereocenters. The van der Waals surface area contributed by atoms with Crippen LogP contribution in [0.5, 0.6) is 0 Å². The van der Waals surface area contributed by atoms with Crippen LogP contribution < -0.4 is 11.1 Å². The van der Waals surface area contributed by atoms with Crippen LogP contribution in [0.4, 0.5) is 0 Å². The van der Waals surface area contributed by atoms with Gasteiger partial charge in [-0.2, -0.15) is 0 Å². The first-order chi connectivity index (χ1) is 18.3. The molecular weight excluding hydrogens is 516 g/mol. The van der Waals surface area contributed by atoms with Crippen LogP contribution in [-0.2, 0) is 16.0 Å². The van der Waals surface area contributed by atoms with Crippen molar-refractivity contribution in [2.75, 3.05) is 7.05 Å². The summed E-state index contributed by atoms with van der Waals surface area (Å²) in [4.78, 5) is 43.5. The largest absolute Gasteiger partial charge is 0.481 e. The van der Waals surface area contributed by atoms with Crippen LogP contribution in [-0.4, -0.2) is 63.1 Å². The highest BCUT2D eigenvalue weighted by molar-refractivity contribution is 7.09. The molecule has 216 valence electrons. The highest BCUT2D eigenvalue weighted by Crippen LogP contribution is 2.27. The van der Waals surface area contributed by atoms with E-state index in [4.69, 9.17) is 5.73 Å². The molecule has 0 saturated carbocycles. The van der Waals surface area contributed by atoms with Crippen molar-refractivity contribution < 1.29 is 24.6 Å². The Labute approximate surface area is 235 Å².